The molecule has 38 heavy (non-hydrogen) atoms. The van der Waals surface area contributed by atoms with Gasteiger partial charge < -0.3 is 24.4 Å². The number of para-hydroxylation sites is 1. The van der Waals surface area contributed by atoms with Gasteiger partial charge in [-0.05, 0) is 30.5 Å². The zero-order chi connectivity index (χ0) is 26.6. The molecule has 1 aromatic heterocycles. The van der Waals surface area contributed by atoms with E-state index in [1.807, 2.05) is 44.2 Å². The van der Waals surface area contributed by atoms with E-state index in [-0.39, 0.29) is 44.2 Å². The molecule has 0 radical (unpaired) electrons. The smallest absolute Gasteiger partial charge is 0.313 e. The number of benzene rings is 1. The van der Waals surface area contributed by atoms with Gasteiger partial charge in [-0.2, -0.15) is 0 Å². The van der Waals surface area contributed by atoms with Crippen LogP contribution in [0.3, 0.4) is 0 Å². The quantitative estimate of drug-likeness (QED) is 0.439. The minimum absolute atomic E-state index is 0.108. The lowest BCUT2D eigenvalue weighted by atomic mass is 9.78. The van der Waals surface area contributed by atoms with E-state index in [2.05, 4.69) is 10.3 Å². The number of aliphatic hydroxyl groups excluding tert-OH is 1. The second kappa shape index (κ2) is 9.32. The van der Waals surface area contributed by atoms with Crippen molar-refractivity contribution in [1.82, 2.24) is 24.8 Å². The molecule has 2 aromatic rings. The highest BCUT2D eigenvalue weighted by Gasteiger charge is 2.72. The lowest BCUT2D eigenvalue weighted by Crippen LogP contribution is -2.58. The van der Waals surface area contributed by atoms with Crippen molar-refractivity contribution in [3.05, 3.63) is 48.6 Å². The van der Waals surface area contributed by atoms with Crippen molar-refractivity contribution in [2.75, 3.05) is 19.8 Å². The summed E-state index contributed by atoms with van der Waals surface area (Å²) in [5, 5.41) is 18.8. The SMILES string of the molecule is CC(C)C[C@H](CO)N1C(=O)[C@@H]2[C@H]3C(=O)OCC=C[C@H]3O[C@@]23C=CCN(Cn2nnc4ccccc42)C(=O)C13. The number of aromatic nitrogens is 3. The van der Waals surface area contributed by atoms with Crippen LogP contribution in [0.1, 0.15) is 20.3 Å². The Labute approximate surface area is 219 Å². The molecule has 1 aromatic carbocycles. The molecule has 1 N–H and O–H groups in total. The fourth-order valence-electron chi connectivity index (χ4n) is 6.48. The molecule has 1 spiro atoms. The minimum atomic E-state index is -1.37. The Hall–Kier alpha value is -3.57. The number of fused-ring (bicyclic) bond motifs is 3. The highest BCUT2D eigenvalue weighted by molar-refractivity contribution is 5.99. The summed E-state index contributed by atoms with van der Waals surface area (Å²) in [5.74, 6) is -2.89. The van der Waals surface area contributed by atoms with Gasteiger partial charge in [-0.25, -0.2) is 4.68 Å². The second-order valence-corrected chi connectivity index (χ2v) is 10.8. The summed E-state index contributed by atoms with van der Waals surface area (Å²) in [6, 6.07) is 5.81. The van der Waals surface area contributed by atoms with E-state index >= 15 is 0 Å². The highest BCUT2D eigenvalue weighted by Crippen LogP contribution is 2.54. The summed E-state index contributed by atoms with van der Waals surface area (Å²) in [6.45, 7) is 4.16. The van der Waals surface area contributed by atoms with E-state index in [4.69, 9.17) is 9.47 Å². The first kappa shape index (κ1) is 24.7. The van der Waals surface area contributed by atoms with Gasteiger partial charge in [0.05, 0.1) is 30.2 Å². The summed E-state index contributed by atoms with van der Waals surface area (Å²) in [6.07, 6.45) is 6.85. The molecule has 2 fully saturated rings. The topological polar surface area (TPSA) is 127 Å². The maximum atomic E-state index is 14.4. The van der Waals surface area contributed by atoms with Gasteiger partial charge in [-0.1, -0.05) is 49.4 Å². The maximum absolute atomic E-state index is 14.4. The predicted octanol–water partition coefficient (Wildman–Crippen LogP) is 0.888. The van der Waals surface area contributed by atoms with Crippen molar-refractivity contribution in [2.24, 2.45) is 17.8 Å². The Morgan fingerprint density at radius 3 is 2.76 bits per heavy atom. The number of carbonyl (C=O) groups is 3. The summed E-state index contributed by atoms with van der Waals surface area (Å²) < 4.78 is 13.5. The number of ether oxygens (including phenoxy) is 2. The summed E-state index contributed by atoms with van der Waals surface area (Å²) in [5.41, 5.74) is 0.121. The van der Waals surface area contributed by atoms with Crippen LogP contribution >= 0.6 is 0 Å². The summed E-state index contributed by atoms with van der Waals surface area (Å²) >= 11 is 0. The number of aliphatic hydroxyl groups is 1. The van der Waals surface area contributed by atoms with E-state index in [9.17, 15) is 19.5 Å². The van der Waals surface area contributed by atoms with Gasteiger partial charge in [-0.15, -0.1) is 5.10 Å². The molecule has 4 aliphatic rings. The molecule has 6 atom stereocenters. The number of carbonyl (C=O) groups excluding carboxylic acids is 3. The molecule has 11 nitrogen and oxygen atoms in total. The van der Waals surface area contributed by atoms with E-state index in [1.54, 1.807) is 27.8 Å². The van der Waals surface area contributed by atoms with Crippen LogP contribution in [0.4, 0.5) is 0 Å². The number of likely N-dealkylation sites (tertiary alicyclic amines) is 1. The number of nitrogens with zero attached hydrogens (tertiary/aromatic N) is 5. The molecule has 5 heterocycles. The third kappa shape index (κ3) is 3.67. The average molecular weight is 522 g/mol. The molecule has 6 rings (SSSR count). The summed E-state index contributed by atoms with van der Waals surface area (Å²) in [7, 11) is 0. The number of hydrogen-bond donors (Lipinski definition) is 1. The van der Waals surface area contributed by atoms with E-state index < -0.39 is 41.6 Å². The number of hydrogen-bond acceptors (Lipinski definition) is 8. The van der Waals surface area contributed by atoms with Crippen LogP contribution in [0.5, 0.6) is 0 Å². The molecular formula is C27H31N5O6. The van der Waals surface area contributed by atoms with Gasteiger partial charge in [0.1, 0.15) is 36.4 Å². The standard InChI is InChI=1S/C27H31N5O6/c1-16(2)13-17(14-33)32-23-25(35)30(15-31-19-8-4-3-7-18(19)28-29-31)11-6-10-27(23)22(24(32)34)21-20(38-27)9-5-12-37-26(21)36/h3-10,16-17,20-23,33H,11-15H2,1-2H3/t17-,20-,21+,22+,23?,27+/m1/s1. The molecule has 2 saturated heterocycles. The Bertz CT molecular complexity index is 1340. The molecule has 1 unspecified atom stereocenters. The first-order valence-electron chi connectivity index (χ1n) is 13.0. The molecule has 200 valence electrons. The van der Waals surface area contributed by atoms with Crippen LogP contribution in [0, 0.1) is 17.8 Å². The third-order valence-corrected chi connectivity index (χ3v) is 8.01. The molecule has 11 heteroatoms. The normalized spacial score (nSPS) is 31.3. The summed E-state index contributed by atoms with van der Waals surface area (Å²) in [4.78, 5) is 44.7. The number of esters is 1. The van der Waals surface area contributed by atoms with Gasteiger partial charge in [0.15, 0.2) is 0 Å². The van der Waals surface area contributed by atoms with Crippen molar-refractivity contribution >= 4 is 28.8 Å². The Balaban J connectivity index is 1.43. The maximum Gasteiger partial charge on any atom is 0.313 e. The molecule has 2 amide bonds. The lowest BCUT2D eigenvalue weighted by molar-refractivity contribution is -0.155. The fourth-order valence-corrected chi connectivity index (χ4v) is 6.48. The zero-order valence-corrected chi connectivity index (χ0v) is 21.3. The van der Waals surface area contributed by atoms with Crippen molar-refractivity contribution in [3.63, 3.8) is 0 Å². The number of rotatable bonds is 6. The van der Waals surface area contributed by atoms with Crippen molar-refractivity contribution < 1.29 is 29.0 Å². The third-order valence-electron chi connectivity index (χ3n) is 8.01. The molecule has 0 aliphatic carbocycles. The van der Waals surface area contributed by atoms with Gasteiger partial charge >= 0.3 is 5.97 Å². The van der Waals surface area contributed by atoms with Crippen LogP contribution in [-0.2, 0) is 30.5 Å². The van der Waals surface area contributed by atoms with Crippen molar-refractivity contribution in [3.8, 4) is 0 Å². The first-order valence-corrected chi connectivity index (χ1v) is 13.0. The first-order chi connectivity index (χ1) is 18.4. The lowest BCUT2D eigenvalue weighted by Gasteiger charge is -2.39. The molecular weight excluding hydrogens is 490 g/mol. The molecule has 0 saturated carbocycles. The monoisotopic (exact) mass is 521 g/mol. The van der Waals surface area contributed by atoms with E-state index in [0.717, 1.165) is 5.52 Å². The van der Waals surface area contributed by atoms with Crippen LogP contribution < -0.4 is 0 Å². The van der Waals surface area contributed by atoms with E-state index in [1.165, 1.54) is 4.90 Å². The van der Waals surface area contributed by atoms with Gasteiger partial charge in [0.2, 0.25) is 5.91 Å². The molecule has 4 aliphatic heterocycles. The highest BCUT2D eigenvalue weighted by atomic mass is 16.6. The van der Waals surface area contributed by atoms with Crippen LogP contribution in [-0.4, -0.2) is 91.2 Å². The van der Waals surface area contributed by atoms with Gasteiger partial charge in [0, 0.05) is 6.54 Å². The minimum Gasteiger partial charge on any atom is -0.461 e. The Kier molecular flexibility index (Phi) is 6.07. The van der Waals surface area contributed by atoms with Crippen molar-refractivity contribution in [2.45, 2.75) is 50.7 Å². The second-order valence-electron chi connectivity index (χ2n) is 10.8. The Morgan fingerprint density at radius 2 is 1.97 bits per heavy atom. The van der Waals surface area contributed by atoms with Gasteiger partial charge in [0.25, 0.3) is 5.91 Å². The van der Waals surface area contributed by atoms with Crippen LogP contribution in [0.2, 0.25) is 0 Å². The fraction of sp³-hybridized carbons (Fsp3) is 0.519. The van der Waals surface area contributed by atoms with E-state index in [0.29, 0.717) is 11.9 Å². The Morgan fingerprint density at radius 1 is 1.16 bits per heavy atom. The zero-order valence-electron chi connectivity index (χ0n) is 21.3. The van der Waals surface area contributed by atoms with Crippen LogP contribution in [0.25, 0.3) is 11.0 Å². The number of amides is 2. The average Bonchev–Trinajstić information content (AvgIpc) is 3.44. The molecule has 0 bridgehead atoms. The van der Waals surface area contributed by atoms with Crippen molar-refractivity contribution in [1.29, 1.82) is 0 Å². The van der Waals surface area contributed by atoms with Gasteiger partial charge in [-0.3, -0.25) is 14.4 Å². The largest absolute Gasteiger partial charge is 0.461 e. The predicted molar refractivity (Wildman–Crippen MR) is 134 cm³/mol. The number of cyclic esters (lactones) is 1. The van der Waals surface area contributed by atoms with Crippen LogP contribution in [0.15, 0.2) is 48.6 Å².